The number of hydrogen-bond acceptors (Lipinski definition) is 9. The van der Waals surface area contributed by atoms with E-state index in [1.807, 2.05) is 24.3 Å². The van der Waals surface area contributed by atoms with Crippen LogP contribution in [0.1, 0.15) is 36.6 Å². The number of hydrogen-bond donors (Lipinski definition) is 0. The number of halogens is 2. The first-order valence-corrected chi connectivity index (χ1v) is 17.3. The van der Waals surface area contributed by atoms with Gasteiger partial charge in [0.1, 0.15) is 6.61 Å². The van der Waals surface area contributed by atoms with Crippen LogP contribution in [0.15, 0.2) is 92.3 Å². The monoisotopic (exact) mass is 762 g/mol. The predicted molar refractivity (Wildman–Crippen MR) is 194 cm³/mol. The largest absolute Gasteiger partial charge is 0.493 e. The number of nitrogens with zero attached hydrogens (tertiary/aromatic N) is 2. The first-order valence-electron chi connectivity index (χ1n) is 15.3. The fourth-order valence-electron chi connectivity index (χ4n) is 5.85. The number of benzene rings is 4. The van der Waals surface area contributed by atoms with Gasteiger partial charge in [0.2, 0.25) is 0 Å². The zero-order chi connectivity index (χ0) is 34.8. The van der Waals surface area contributed by atoms with Gasteiger partial charge in [0, 0.05) is 4.47 Å². The number of fused-ring (bicyclic) bond motifs is 2. The molecule has 0 amide bonds. The van der Waals surface area contributed by atoms with E-state index in [0.717, 1.165) is 16.3 Å². The maximum Gasteiger partial charge on any atom is 0.338 e. The fourth-order valence-corrected chi connectivity index (χ4v) is 7.71. The molecule has 0 unspecified atom stereocenters. The minimum absolute atomic E-state index is 0.157. The van der Waals surface area contributed by atoms with Gasteiger partial charge in [0.05, 0.1) is 54.8 Å². The summed E-state index contributed by atoms with van der Waals surface area (Å²) in [5.41, 5.74) is 2.56. The van der Waals surface area contributed by atoms with Crippen LogP contribution in [0.4, 0.5) is 0 Å². The van der Waals surface area contributed by atoms with Crippen molar-refractivity contribution >= 4 is 61.7 Å². The molecule has 12 heteroatoms. The van der Waals surface area contributed by atoms with Crippen molar-refractivity contribution in [1.29, 1.82) is 0 Å². The second-order valence-corrected chi connectivity index (χ2v) is 13.3. The van der Waals surface area contributed by atoms with Gasteiger partial charge in [-0.25, -0.2) is 9.79 Å². The number of carbonyl (C=O) groups is 1. The molecule has 0 saturated carbocycles. The molecule has 0 radical (unpaired) electrons. The summed E-state index contributed by atoms with van der Waals surface area (Å²) in [7, 11) is 4.59. The van der Waals surface area contributed by atoms with E-state index in [9.17, 15) is 9.59 Å². The fraction of sp³-hybridized carbons (Fsp3) is 0.216. The summed E-state index contributed by atoms with van der Waals surface area (Å²) in [4.78, 5) is 32.7. The van der Waals surface area contributed by atoms with E-state index in [0.29, 0.717) is 58.7 Å². The van der Waals surface area contributed by atoms with Gasteiger partial charge in [0.25, 0.3) is 5.56 Å². The van der Waals surface area contributed by atoms with E-state index in [1.54, 1.807) is 44.2 Å². The molecule has 0 aliphatic carbocycles. The molecule has 1 aliphatic heterocycles. The highest BCUT2D eigenvalue weighted by Crippen LogP contribution is 2.41. The zero-order valence-corrected chi connectivity index (χ0v) is 30.5. The van der Waals surface area contributed by atoms with Gasteiger partial charge in [-0.2, -0.15) is 0 Å². The van der Waals surface area contributed by atoms with Crippen molar-refractivity contribution in [3.8, 4) is 23.0 Å². The summed E-state index contributed by atoms with van der Waals surface area (Å²) in [5, 5.41) is 2.53. The molecule has 1 aliphatic rings. The number of ether oxygens (including phenoxy) is 5. The van der Waals surface area contributed by atoms with Crippen molar-refractivity contribution in [3.63, 3.8) is 0 Å². The highest BCUT2D eigenvalue weighted by atomic mass is 79.9. The standard InChI is InChI=1S/C37H32BrClN2O7S/c1-6-47-36(43)32-20(2)40-37-41(33(32)25-17-28(44-3)29(45-4)18-26(25)38)35(42)31(49-37)16-21-14-27(39)34(30(15-21)46-5)48-19-23-12-9-11-22-10-7-8-13-24(22)23/h7-18,33H,6,19H2,1-5H3/b31-16-/t33-/m0/s1. The molecule has 4 aromatic carbocycles. The molecule has 252 valence electrons. The van der Waals surface area contributed by atoms with Crippen molar-refractivity contribution < 1.29 is 28.5 Å². The summed E-state index contributed by atoms with van der Waals surface area (Å²) < 4.78 is 30.8. The molecule has 0 saturated heterocycles. The van der Waals surface area contributed by atoms with Crippen LogP contribution in [-0.2, 0) is 16.1 Å². The molecule has 9 nitrogen and oxygen atoms in total. The Morgan fingerprint density at radius 3 is 2.45 bits per heavy atom. The Bertz CT molecular complexity index is 2310. The molecule has 6 rings (SSSR count). The molecule has 5 aromatic rings. The van der Waals surface area contributed by atoms with Crippen molar-refractivity contribution in [2.75, 3.05) is 27.9 Å². The number of methoxy groups -OCH3 is 3. The Morgan fingerprint density at radius 1 is 1.00 bits per heavy atom. The second-order valence-electron chi connectivity index (χ2n) is 11.0. The molecule has 2 heterocycles. The molecule has 0 bridgehead atoms. The Balaban J connectivity index is 1.43. The van der Waals surface area contributed by atoms with Crippen LogP contribution in [0.5, 0.6) is 23.0 Å². The van der Waals surface area contributed by atoms with Crippen molar-refractivity contribution in [2.24, 2.45) is 4.99 Å². The topological polar surface area (TPSA) is 97.6 Å². The second kappa shape index (κ2) is 14.5. The smallest absolute Gasteiger partial charge is 0.338 e. The highest BCUT2D eigenvalue weighted by Gasteiger charge is 2.35. The van der Waals surface area contributed by atoms with Gasteiger partial charge in [-0.1, -0.05) is 81.3 Å². The Hall–Kier alpha value is -4.58. The predicted octanol–water partition coefficient (Wildman–Crippen LogP) is 6.97. The van der Waals surface area contributed by atoms with E-state index < -0.39 is 12.0 Å². The summed E-state index contributed by atoms with van der Waals surface area (Å²) >= 11 is 11.6. The quantitative estimate of drug-likeness (QED) is 0.142. The van der Waals surface area contributed by atoms with E-state index in [-0.39, 0.29) is 24.3 Å². The van der Waals surface area contributed by atoms with Crippen LogP contribution < -0.4 is 33.8 Å². The molecule has 0 spiro atoms. The SMILES string of the molecule is CCOC(=O)C1=C(C)N=c2s/c(=C\c3cc(Cl)c(OCc4cccc5ccccc45)c(OC)c3)c(=O)n2[C@H]1c1cc(OC)c(OC)cc1Br. The lowest BCUT2D eigenvalue weighted by Crippen LogP contribution is -2.40. The lowest BCUT2D eigenvalue weighted by molar-refractivity contribution is -0.139. The van der Waals surface area contributed by atoms with Crippen LogP contribution >= 0.6 is 38.9 Å². The average molecular weight is 764 g/mol. The molecule has 0 N–H and O–H groups in total. The van der Waals surface area contributed by atoms with E-state index in [2.05, 4.69) is 39.1 Å². The van der Waals surface area contributed by atoms with Crippen LogP contribution in [0.2, 0.25) is 5.02 Å². The van der Waals surface area contributed by atoms with Gasteiger partial charge in [-0.3, -0.25) is 9.36 Å². The van der Waals surface area contributed by atoms with Gasteiger partial charge >= 0.3 is 5.97 Å². The number of rotatable bonds is 10. The summed E-state index contributed by atoms with van der Waals surface area (Å²) in [6.07, 6.45) is 1.72. The first-order chi connectivity index (χ1) is 23.7. The lowest BCUT2D eigenvalue weighted by atomic mass is 9.95. The van der Waals surface area contributed by atoms with Crippen LogP contribution in [-0.4, -0.2) is 38.5 Å². The number of esters is 1. The van der Waals surface area contributed by atoms with Crippen LogP contribution in [0.3, 0.4) is 0 Å². The number of carbonyl (C=O) groups excluding carboxylic acids is 1. The Morgan fingerprint density at radius 2 is 1.71 bits per heavy atom. The third-order valence-electron chi connectivity index (χ3n) is 8.12. The Kier molecular flexibility index (Phi) is 10.1. The number of aromatic nitrogens is 1. The van der Waals surface area contributed by atoms with Gasteiger partial charge in [-0.05, 0) is 71.7 Å². The third kappa shape index (κ3) is 6.58. The first kappa shape index (κ1) is 34.3. The normalized spacial score (nSPS) is 14.3. The average Bonchev–Trinajstić information content (AvgIpc) is 3.40. The molecular formula is C37H32BrClN2O7S. The summed E-state index contributed by atoms with van der Waals surface area (Å²) in [6.45, 7) is 3.89. The third-order valence-corrected chi connectivity index (χ3v) is 10.1. The van der Waals surface area contributed by atoms with Gasteiger partial charge in [-0.15, -0.1) is 0 Å². The van der Waals surface area contributed by atoms with Gasteiger partial charge in [0.15, 0.2) is 27.8 Å². The van der Waals surface area contributed by atoms with Crippen LogP contribution in [0, 0.1) is 0 Å². The Labute approximate surface area is 299 Å². The maximum absolute atomic E-state index is 14.2. The van der Waals surface area contributed by atoms with E-state index in [1.165, 1.54) is 37.2 Å². The molecule has 49 heavy (non-hydrogen) atoms. The minimum Gasteiger partial charge on any atom is -0.493 e. The zero-order valence-electron chi connectivity index (χ0n) is 27.3. The van der Waals surface area contributed by atoms with Crippen molar-refractivity contribution in [1.82, 2.24) is 4.57 Å². The summed E-state index contributed by atoms with van der Waals surface area (Å²) in [5.74, 6) is 1.16. The molecule has 1 aromatic heterocycles. The molecular weight excluding hydrogens is 732 g/mol. The van der Waals surface area contributed by atoms with Crippen LogP contribution in [0.25, 0.3) is 16.8 Å². The highest BCUT2D eigenvalue weighted by molar-refractivity contribution is 9.10. The van der Waals surface area contributed by atoms with E-state index in [4.69, 9.17) is 35.3 Å². The maximum atomic E-state index is 14.2. The number of thiazole rings is 1. The van der Waals surface area contributed by atoms with Gasteiger partial charge < -0.3 is 23.7 Å². The van der Waals surface area contributed by atoms with Crippen molar-refractivity contribution in [3.05, 3.63) is 124 Å². The minimum atomic E-state index is -0.866. The van der Waals surface area contributed by atoms with E-state index >= 15 is 0 Å². The summed E-state index contributed by atoms with van der Waals surface area (Å²) in [6, 6.07) is 20.3. The molecule has 1 atom stereocenters. The lowest BCUT2D eigenvalue weighted by Gasteiger charge is -2.26. The molecule has 0 fully saturated rings. The number of allylic oxidation sites excluding steroid dienone is 1. The van der Waals surface area contributed by atoms with Crippen molar-refractivity contribution in [2.45, 2.75) is 26.5 Å².